The second-order valence-electron chi connectivity index (χ2n) is 6.23. The van der Waals surface area contributed by atoms with E-state index in [2.05, 4.69) is 15.4 Å². The van der Waals surface area contributed by atoms with E-state index < -0.39 is 10.0 Å². The van der Waals surface area contributed by atoms with Crippen LogP contribution in [0.5, 0.6) is 0 Å². The lowest BCUT2D eigenvalue weighted by Crippen LogP contribution is -2.56. The molecule has 2 bridgehead atoms. The van der Waals surface area contributed by atoms with Crippen molar-refractivity contribution in [1.82, 2.24) is 19.7 Å². The van der Waals surface area contributed by atoms with E-state index in [-0.39, 0.29) is 22.7 Å². The molecular weight excluding hydrogens is 366 g/mol. The number of sulfonamides is 1. The molecule has 0 radical (unpaired) electrons. The molecule has 1 aromatic heterocycles. The van der Waals surface area contributed by atoms with E-state index in [9.17, 15) is 13.2 Å². The Bertz CT molecular complexity index is 901. The molecule has 2 saturated heterocycles. The first-order valence-corrected chi connectivity index (χ1v) is 9.72. The molecule has 8 nitrogen and oxygen atoms in total. The number of nitrogens with zero attached hydrogens (tertiary/aromatic N) is 4. The van der Waals surface area contributed by atoms with Crippen molar-refractivity contribution < 1.29 is 13.2 Å². The van der Waals surface area contributed by atoms with Gasteiger partial charge in [-0.3, -0.25) is 4.79 Å². The molecule has 2 aromatic rings. The summed E-state index contributed by atoms with van der Waals surface area (Å²) in [6.07, 6.45) is 2.19. The van der Waals surface area contributed by atoms with Gasteiger partial charge in [0.1, 0.15) is 0 Å². The molecule has 0 spiro atoms. The molecule has 2 aliphatic rings. The minimum absolute atomic E-state index is 0.168. The largest absolute Gasteiger partial charge is 0.350 e. The van der Waals surface area contributed by atoms with E-state index >= 15 is 0 Å². The van der Waals surface area contributed by atoms with Gasteiger partial charge in [-0.15, -0.1) is 5.10 Å². The number of hydrogen-bond acceptors (Lipinski definition) is 6. The van der Waals surface area contributed by atoms with Gasteiger partial charge in [-0.1, -0.05) is 17.7 Å². The van der Waals surface area contributed by atoms with Crippen LogP contribution in [0.15, 0.2) is 29.2 Å². The Morgan fingerprint density at radius 3 is 2.56 bits per heavy atom. The zero-order valence-corrected chi connectivity index (χ0v) is 14.7. The minimum Gasteiger partial charge on any atom is -0.350 e. The first-order chi connectivity index (χ1) is 12.0. The van der Waals surface area contributed by atoms with Crippen molar-refractivity contribution in [3.63, 3.8) is 0 Å². The number of fused-ring (bicyclic) bond motifs is 2. The van der Waals surface area contributed by atoms with Crippen LogP contribution in [0.25, 0.3) is 0 Å². The number of benzene rings is 1. The van der Waals surface area contributed by atoms with E-state index in [4.69, 9.17) is 11.6 Å². The zero-order valence-electron chi connectivity index (χ0n) is 13.2. The summed E-state index contributed by atoms with van der Waals surface area (Å²) in [5.74, 6) is 0.478. The van der Waals surface area contributed by atoms with Crippen molar-refractivity contribution in [2.45, 2.75) is 29.8 Å². The fourth-order valence-electron chi connectivity index (χ4n) is 3.72. The molecular formula is C15H16ClN5O3S. The predicted molar refractivity (Wildman–Crippen MR) is 91.3 cm³/mol. The smallest absolute Gasteiger partial charge is 0.243 e. The second kappa shape index (κ2) is 6.08. The van der Waals surface area contributed by atoms with E-state index in [0.29, 0.717) is 30.2 Å². The van der Waals surface area contributed by atoms with Crippen LogP contribution in [-0.2, 0) is 10.0 Å². The maximum absolute atomic E-state index is 13.1. The molecule has 2 aliphatic heterocycles. The SMILES string of the molecule is O=Cc1n[nH]nc1N1CC2CCC(C1)N2S(=O)(=O)c1cccc(Cl)c1. The van der Waals surface area contributed by atoms with Gasteiger partial charge >= 0.3 is 0 Å². The highest BCUT2D eigenvalue weighted by Crippen LogP contribution is 2.37. The number of carbonyl (C=O) groups excluding carboxylic acids is 1. The third-order valence-corrected chi connectivity index (χ3v) is 6.99. The van der Waals surface area contributed by atoms with Gasteiger partial charge in [0.05, 0.1) is 4.90 Å². The highest BCUT2D eigenvalue weighted by atomic mass is 35.5. The molecule has 25 heavy (non-hydrogen) atoms. The molecule has 0 amide bonds. The number of aromatic nitrogens is 3. The van der Waals surface area contributed by atoms with Gasteiger partial charge in [-0.05, 0) is 31.0 Å². The Hall–Kier alpha value is -1.97. The number of nitrogens with one attached hydrogen (secondary N) is 1. The van der Waals surface area contributed by atoms with Crippen LogP contribution in [0.1, 0.15) is 23.3 Å². The standard InChI is InChI=1S/C15H16ClN5O3S/c16-10-2-1-3-13(6-10)25(23,24)21-11-4-5-12(21)8-20(7-11)15-14(9-22)17-19-18-15/h1-3,6,9,11-12H,4-5,7-8H2,(H,17,18,19). The summed E-state index contributed by atoms with van der Waals surface area (Å²) < 4.78 is 27.7. The second-order valence-corrected chi connectivity index (χ2v) is 8.51. The van der Waals surface area contributed by atoms with Gasteiger partial charge in [0.2, 0.25) is 10.0 Å². The highest BCUT2D eigenvalue weighted by Gasteiger charge is 2.47. The molecule has 2 unspecified atom stereocenters. The Labute approximate surface area is 149 Å². The lowest BCUT2D eigenvalue weighted by molar-refractivity contribution is 0.111. The van der Waals surface area contributed by atoms with Crippen molar-refractivity contribution >= 4 is 33.7 Å². The first kappa shape index (κ1) is 16.5. The van der Waals surface area contributed by atoms with Crippen molar-refractivity contribution in [2.24, 2.45) is 0 Å². The van der Waals surface area contributed by atoms with E-state index in [0.717, 1.165) is 12.8 Å². The molecule has 2 fully saturated rings. The number of carbonyl (C=O) groups is 1. The summed E-state index contributed by atoms with van der Waals surface area (Å²) in [6, 6.07) is 6.00. The van der Waals surface area contributed by atoms with Crippen LogP contribution >= 0.6 is 11.6 Å². The molecule has 0 saturated carbocycles. The molecule has 10 heteroatoms. The minimum atomic E-state index is -3.62. The summed E-state index contributed by atoms with van der Waals surface area (Å²) in [4.78, 5) is 13.2. The van der Waals surface area contributed by atoms with Crippen molar-refractivity contribution in [2.75, 3.05) is 18.0 Å². The Kier molecular flexibility index (Phi) is 4.01. The van der Waals surface area contributed by atoms with Crippen LogP contribution in [0.3, 0.4) is 0 Å². The number of piperazine rings is 1. The maximum atomic E-state index is 13.1. The maximum Gasteiger partial charge on any atom is 0.243 e. The molecule has 2 atom stereocenters. The van der Waals surface area contributed by atoms with Gasteiger partial charge < -0.3 is 4.90 Å². The summed E-state index contributed by atoms with van der Waals surface area (Å²) >= 11 is 5.96. The third-order valence-electron chi connectivity index (χ3n) is 4.75. The Balaban J connectivity index is 1.64. The highest BCUT2D eigenvalue weighted by molar-refractivity contribution is 7.89. The van der Waals surface area contributed by atoms with Crippen LogP contribution < -0.4 is 4.90 Å². The number of rotatable bonds is 4. The fourth-order valence-corrected chi connectivity index (χ4v) is 5.88. The Morgan fingerprint density at radius 1 is 1.20 bits per heavy atom. The third kappa shape index (κ3) is 2.72. The van der Waals surface area contributed by atoms with Gasteiger partial charge in [0, 0.05) is 30.2 Å². The number of aromatic amines is 1. The van der Waals surface area contributed by atoms with Crippen LogP contribution in [0.4, 0.5) is 5.82 Å². The topological polar surface area (TPSA) is 99.3 Å². The average Bonchev–Trinajstić information content (AvgIpc) is 3.17. The van der Waals surface area contributed by atoms with Crippen molar-refractivity contribution in [3.8, 4) is 0 Å². The van der Waals surface area contributed by atoms with Gasteiger partial charge in [-0.25, -0.2) is 8.42 Å². The molecule has 4 rings (SSSR count). The summed E-state index contributed by atoms with van der Waals surface area (Å²) in [5, 5.41) is 10.7. The van der Waals surface area contributed by atoms with E-state index in [1.54, 1.807) is 22.5 Å². The zero-order chi connectivity index (χ0) is 17.6. The Morgan fingerprint density at radius 2 is 1.92 bits per heavy atom. The molecule has 0 aliphatic carbocycles. The predicted octanol–water partition coefficient (Wildman–Crippen LogP) is 1.31. The summed E-state index contributed by atoms with van der Waals surface area (Å²) in [5.41, 5.74) is 0.241. The van der Waals surface area contributed by atoms with Gasteiger partial charge in [0.15, 0.2) is 17.8 Å². The van der Waals surface area contributed by atoms with Crippen molar-refractivity contribution in [1.29, 1.82) is 0 Å². The quantitative estimate of drug-likeness (QED) is 0.802. The average molecular weight is 382 g/mol. The molecule has 1 aromatic carbocycles. The number of H-pyrrole nitrogens is 1. The molecule has 3 heterocycles. The molecule has 132 valence electrons. The van der Waals surface area contributed by atoms with Crippen LogP contribution in [0.2, 0.25) is 5.02 Å². The number of halogens is 1. The number of hydrogen-bond donors (Lipinski definition) is 1. The van der Waals surface area contributed by atoms with Crippen molar-refractivity contribution in [3.05, 3.63) is 35.0 Å². The fraction of sp³-hybridized carbons (Fsp3) is 0.400. The normalized spacial score (nSPS) is 23.8. The van der Waals surface area contributed by atoms with E-state index in [1.165, 1.54) is 6.07 Å². The lowest BCUT2D eigenvalue weighted by atomic mass is 10.2. The summed E-state index contributed by atoms with van der Waals surface area (Å²) in [7, 11) is -3.62. The van der Waals surface area contributed by atoms with Gasteiger partial charge in [0.25, 0.3) is 0 Å². The first-order valence-electron chi connectivity index (χ1n) is 7.90. The van der Waals surface area contributed by atoms with Crippen LogP contribution in [0, 0.1) is 0 Å². The van der Waals surface area contributed by atoms with Crippen LogP contribution in [-0.4, -0.2) is 59.6 Å². The van der Waals surface area contributed by atoms with Gasteiger partial charge in [-0.2, -0.15) is 14.6 Å². The number of anilines is 1. The lowest BCUT2D eigenvalue weighted by Gasteiger charge is -2.40. The monoisotopic (exact) mass is 381 g/mol. The number of aldehydes is 1. The van der Waals surface area contributed by atoms with E-state index in [1.807, 2.05) is 4.90 Å². The molecule has 1 N–H and O–H groups in total. The summed E-state index contributed by atoms with van der Waals surface area (Å²) in [6.45, 7) is 0.952.